The highest BCUT2D eigenvalue weighted by Gasteiger charge is 2.51. The normalized spacial score (nSPS) is 30.2. The van der Waals surface area contributed by atoms with E-state index in [0.717, 1.165) is 38.0 Å². The average Bonchev–Trinajstić information content (AvgIpc) is 3.52. The summed E-state index contributed by atoms with van der Waals surface area (Å²) in [5, 5.41) is 33.2. The fourth-order valence-corrected chi connectivity index (χ4v) is 4.70. The molecule has 8 nitrogen and oxygen atoms in total. The number of nitrogens with one attached hydrogen (secondary N) is 1. The summed E-state index contributed by atoms with van der Waals surface area (Å²) >= 11 is 0. The van der Waals surface area contributed by atoms with Crippen LogP contribution in [0.4, 0.5) is 0 Å². The Morgan fingerprint density at radius 2 is 1.91 bits per heavy atom. The van der Waals surface area contributed by atoms with Crippen LogP contribution in [0.1, 0.15) is 49.7 Å². The number of hydrogen-bond donors (Lipinski definition) is 3. The van der Waals surface area contributed by atoms with Gasteiger partial charge in [-0.05, 0) is 62.4 Å². The second-order valence-electron chi connectivity index (χ2n) is 9.68. The Hall–Kier alpha value is -2.02. The minimum Gasteiger partial charge on any atom is -0.390 e. The molecule has 4 atom stereocenters. The predicted octanol–water partition coefficient (Wildman–Crippen LogP) is 1.34. The van der Waals surface area contributed by atoms with E-state index < -0.39 is 23.9 Å². The van der Waals surface area contributed by atoms with Crippen LogP contribution in [0.5, 0.6) is 0 Å². The zero-order valence-corrected chi connectivity index (χ0v) is 19.1. The predicted molar refractivity (Wildman–Crippen MR) is 121 cm³/mol. The Balaban J connectivity index is 1.45. The van der Waals surface area contributed by atoms with Crippen molar-refractivity contribution in [3.05, 3.63) is 35.4 Å². The van der Waals surface area contributed by atoms with Crippen molar-refractivity contribution in [1.29, 1.82) is 5.26 Å². The van der Waals surface area contributed by atoms with E-state index in [2.05, 4.69) is 16.3 Å². The van der Waals surface area contributed by atoms with Gasteiger partial charge in [0.15, 0.2) is 5.60 Å². The lowest BCUT2D eigenvalue weighted by atomic mass is 9.78. The van der Waals surface area contributed by atoms with Gasteiger partial charge >= 0.3 is 0 Å². The van der Waals surface area contributed by atoms with Crippen LogP contribution in [0.15, 0.2) is 24.3 Å². The molecule has 180 valence electrons. The van der Waals surface area contributed by atoms with Crippen LogP contribution in [0.2, 0.25) is 0 Å². The summed E-state index contributed by atoms with van der Waals surface area (Å²) in [6, 6.07) is 9.11. The number of benzene rings is 1. The lowest BCUT2D eigenvalue weighted by Gasteiger charge is -2.44. The summed E-state index contributed by atoms with van der Waals surface area (Å²) in [5.41, 5.74) is 0.0818. The van der Waals surface area contributed by atoms with Gasteiger partial charge in [0.25, 0.3) is 5.91 Å². The third-order valence-corrected chi connectivity index (χ3v) is 7.01. The van der Waals surface area contributed by atoms with Crippen LogP contribution in [0.25, 0.3) is 0 Å². The topological polar surface area (TPSA) is 115 Å². The number of hydrogen-bond acceptors (Lipinski definition) is 7. The molecule has 1 heterocycles. The maximum atomic E-state index is 13.4. The first-order valence-corrected chi connectivity index (χ1v) is 12.1. The van der Waals surface area contributed by atoms with Crippen molar-refractivity contribution in [3.8, 4) is 6.07 Å². The number of carbonyl (C=O) groups is 1. The summed E-state index contributed by atoms with van der Waals surface area (Å²) in [5.74, 6) is 0.223. The Kier molecular flexibility index (Phi) is 7.99. The number of nitriles is 1. The molecular formula is C25H35N3O5. The highest BCUT2D eigenvalue weighted by Crippen LogP contribution is 2.37. The van der Waals surface area contributed by atoms with Crippen molar-refractivity contribution in [1.82, 2.24) is 10.2 Å². The number of amides is 1. The first-order valence-electron chi connectivity index (χ1n) is 12.1. The molecule has 2 aliphatic carbocycles. The minimum atomic E-state index is -1.30. The van der Waals surface area contributed by atoms with E-state index in [-0.39, 0.29) is 25.4 Å². The summed E-state index contributed by atoms with van der Waals surface area (Å²) < 4.78 is 12.2. The molecule has 3 fully saturated rings. The van der Waals surface area contributed by atoms with E-state index in [0.29, 0.717) is 24.6 Å². The zero-order chi connectivity index (χ0) is 23.3. The number of likely N-dealkylation sites (tertiary alicyclic amines) is 1. The molecule has 3 N–H and O–H groups in total. The quantitative estimate of drug-likeness (QED) is 0.486. The van der Waals surface area contributed by atoms with Gasteiger partial charge in [0.1, 0.15) is 6.10 Å². The first-order chi connectivity index (χ1) is 16.0. The molecule has 1 aromatic carbocycles. The van der Waals surface area contributed by atoms with E-state index in [9.17, 15) is 15.0 Å². The third-order valence-electron chi connectivity index (χ3n) is 7.01. The summed E-state index contributed by atoms with van der Waals surface area (Å²) in [4.78, 5) is 15.7. The van der Waals surface area contributed by atoms with Crippen LogP contribution < -0.4 is 5.32 Å². The molecule has 4 rings (SSSR count). The molecular weight excluding hydrogens is 422 g/mol. The zero-order valence-electron chi connectivity index (χ0n) is 19.1. The minimum absolute atomic E-state index is 0.00326. The van der Waals surface area contributed by atoms with Crippen molar-refractivity contribution in [3.63, 3.8) is 0 Å². The summed E-state index contributed by atoms with van der Waals surface area (Å²) in [6.45, 7) is 4.08. The van der Waals surface area contributed by atoms with Crippen LogP contribution in [-0.4, -0.2) is 77.7 Å². The lowest BCUT2D eigenvalue weighted by Crippen LogP contribution is -2.61. The molecule has 0 spiro atoms. The van der Waals surface area contributed by atoms with E-state index in [1.54, 1.807) is 24.3 Å². The smallest absolute Gasteiger partial charge is 0.252 e. The highest BCUT2D eigenvalue weighted by atomic mass is 16.5. The SMILES string of the molecule is N#Cc1ccc(CO[C@]2(C(=O)NCCN3CCCC3)CC(OCC3CC3)[C@H](O)[C@H](O)C2)cc1. The van der Waals surface area contributed by atoms with Crippen LogP contribution in [0, 0.1) is 17.2 Å². The maximum Gasteiger partial charge on any atom is 0.252 e. The summed E-state index contributed by atoms with van der Waals surface area (Å²) in [7, 11) is 0. The second-order valence-corrected chi connectivity index (χ2v) is 9.68. The number of aliphatic hydroxyl groups is 2. The van der Waals surface area contributed by atoms with Crippen molar-refractivity contribution in [2.45, 2.75) is 69.0 Å². The molecule has 1 unspecified atom stereocenters. The highest BCUT2D eigenvalue weighted by molar-refractivity contribution is 5.85. The number of carbonyl (C=O) groups excluding carboxylic acids is 1. The Labute approximate surface area is 195 Å². The lowest BCUT2D eigenvalue weighted by molar-refractivity contribution is -0.198. The largest absolute Gasteiger partial charge is 0.390 e. The molecule has 0 aromatic heterocycles. The van der Waals surface area contributed by atoms with E-state index in [1.165, 1.54) is 12.8 Å². The van der Waals surface area contributed by atoms with Crippen molar-refractivity contribution < 1.29 is 24.5 Å². The van der Waals surface area contributed by atoms with Gasteiger partial charge in [-0.1, -0.05) is 12.1 Å². The number of ether oxygens (including phenoxy) is 2. The molecule has 1 aliphatic heterocycles. The Bertz CT molecular complexity index is 831. The van der Waals surface area contributed by atoms with Gasteiger partial charge in [-0.15, -0.1) is 0 Å². The van der Waals surface area contributed by atoms with Gasteiger partial charge < -0.3 is 29.9 Å². The molecule has 1 saturated heterocycles. The maximum absolute atomic E-state index is 13.4. The van der Waals surface area contributed by atoms with Crippen molar-refractivity contribution in [2.75, 3.05) is 32.8 Å². The van der Waals surface area contributed by atoms with Crippen LogP contribution in [0.3, 0.4) is 0 Å². The molecule has 0 radical (unpaired) electrons. The van der Waals surface area contributed by atoms with E-state index in [4.69, 9.17) is 14.7 Å². The van der Waals surface area contributed by atoms with Gasteiger partial charge in [0.05, 0.1) is 30.4 Å². The van der Waals surface area contributed by atoms with E-state index >= 15 is 0 Å². The molecule has 3 aliphatic rings. The van der Waals surface area contributed by atoms with Gasteiger partial charge in [-0.3, -0.25) is 4.79 Å². The molecule has 33 heavy (non-hydrogen) atoms. The van der Waals surface area contributed by atoms with Crippen molar-refractivity contribution >= 4 is 5.91 Å². The third kappa shape index (κ3) is 6.31. The van der Waals surface area contributed by atoms with E-state index in [1.807, 2.05) is 0 Å². The monoisotopic (exact) mass is 457 g/mol. The van der Waals surface area contributed by atoms with Crippen LogP contribution in [-0.2, 0) is 20.9 Å². The molecule has 1 aromatic rings. The molecule has 0 bridgehead atoms. The molecule has 2 saturated carbocycles. The fraction of sp³-hybridized carbons (Fsp3) is 0.680. The van der Waals surface area contributed by atoms with Gasteiger partial charge in [0, 0.05) is 32.5 Å². The van der Waals surface area contributed by atoms with Crippen LogP contribution >= 0.6 is 0 Å². The molecule has 8 heteroatoms. The number of rotatable bonds is 10. The summed E-state index contributed by atoms with van der Waals surface area (Å²) in [6.07, 6.45) is 1.96. The van der Waals surface area contributed by atoms with Gasteiger partial charge in [0.2, 0.25) is 0 Å². The first kappa shape index (κ1) is 24.1. The van der Waals surface area contributed by atoms with Gasteiger partial charge in [-0.2, -0.15) is 5.26 Å². The van der Waals surface area contributed by atoms with Crippen molar-refractivity contribution in [2.24, 2.45) is 5.92 Å². The Morgan fingerprint density at radius 3 is 2.58 bits per heavy atom. The number of nitrogens with zero attached hydrogens (tertiary/aromatic N) is 2. The fourth-order valence-electron chi connectivity index (χ4n) is 4.70. The number of aliphatic hydroxyl groups excluding tert-OH is 2. The Morgan fingerprint density at radius 1 is 1.18 bits per heavy atom. The molecule has 1 amide bonds. The second kappa shape index (κ2) is 10.9. The average molecular weight is 458 g/mol. The standard InChI is InChI=1S/C25H35N3O5/c26-15-18-3-5-20(6-4-18)17-33-25(24(31)27-9-12-28-10-1-2-11-28)13-21(29)23(30)22(14-25)32-16-19-7-8-19/h3-6,19,21-23,29-30H,1-2,7-14,16-17H2,(H,27,31)/t21-,22?,23-,25+/m1/s1. The van der Waals surface area contributed by atoms with Gasteiger partial charge in [-0.25, -0.2) is 0 Å².